The van der Waals surface area contributed by atoms with Gasteiger partial charge in [-0.15, -0.1) is 0 Å². The fourth-order valence-corrected chi connectivity index (χ4v) is 5.55. The number of nitrogen functional groups attached to an aromatic ring is 2. The third kappa shape index (κ3) is 6.04. The lowest BCUT2D eigenvalue weighted by Crippen LogP contribution is -2.58. The lowest BCUT2D eigenvalue weighted by molar-refractivity contribution is 0.0491. The van der Waals surface area contributed by atoms with E-state index in [1.54, 1.807) is 12.1 Å². The first kappa shape index (κ1) is 28.1. The number of piperidine rings is 1. The number of nitrogens with one attached hydrogen (secondary N) is 1. The molecule has 2 fully saturated rings. The predicted octanol–water partition coefficient (Wildman–Crippen LogP) is 1.27. The van der Waals surface area contributed by atoms with Crippen molar-refractivity contribution in [2.45, 2.75) is 38.3 Å². The molecule has 0 aromatic carbocycles. The zero-order valence-electron chi connectivity index (χ0n) is 21.2. The molecule has 14 heteroatoms. The van der Waals surface area contributed by atoms with Crippen LogP contribution in [0.2, 0.25) is 10.3 Å². The van der Waals surface area contributed by atoms with E-state index in [4.69, 9.17) is 39.8 Å². The Balaban J connectivity index is 1.38. The van der Waals surface area contributed by atoms with Crippen LogP contribution in [0.25, 0.3) is 0 Å². The average Bonchev–Trinajstić information content (AvgIpc) is 2.92. The number of likely N-dealkylation sites (tertiary alicyclic amines) is 1. The van der Waals surface area contributed by atoms with E-state index in [0.717, 1.165) is 25.8 Å². The Morgan fingerprint density at radius 3 is 2.47 bits per heavy atom. The van der Waals surface area contributed by atoms with Crippen molar-refractivity contribution in [2.24, 2.45) is 0 Å². The van der Waals surface area contributed by atoms with E-state index in [-0.39, 0.29) is 52.7 Å². The van der Waals surface area contributed by atoms with E-state index in [2.05, 4.69) is 37.0 Å². The molecular formula is C24H33Cl2N9O3. The van der Waals surface area contributed by atoms with Crippen molar-refractivity contribution in [1.29, 1.82) is 0 Å². The molecule has 2 aromatic heterocycles. The predicted molar refractivity (Wildman–Crippen MR) is 146 cm³/mol. The van der Waals surface area contributed by atoms with Crippen LogP contribution in [0, 0.1) is 0 Å². The highest BCUT2D eigenvalue weighted by Crippen LogP contribution is 2.30. The summed E-state index contributed by atoms with van der Waals surface area (Å²) in [6.45, 7) is 5.45. The van der Waals surface area contributed by atoms with Gasteiger partial charge in [-0.2, -0.15) is 0 Å². The van der Waals surface area contributed by atoms with Crippen LogP contribution in [0.15, 0.2) is 12.1 Å². The molecule has 0 radical (unpaired) electrons. The lowest BCUT2D eigenvalue weighted by atomic mass is 9.97. The molecule has 4 rings (SSSR count). The normalized spacial score (nSPS) is 19.0. The van der Waals surface area contributed by atoms with Crippen molar-refractivity contribution < 1.29 is 14.7 Å². The van der Waals surface area contributed by atoms with Gasteiger partial charge >= 0.3 is 0 Å². The van der Waals surface area contributed by atoms with Crippen molar-refractivity contribution in [3.63, 3.8) is 0 Å². The zero-order valence-corrected chi connectivity index (χ0v) is 22.7. The number of pyridine rings is 1. The van der Waals surface area contributed by atoms with E-state index in [0.29, 0.717) is 43.6 Å². The van der Waals surface area contributed by atoms with Crippen molar-refractivity contribution in [1.82, 2.24) is 30.1 Å². The molecule has 2 saturated heterocycles. The van der Waals surface area contributed by atoms with Gasteiger partial charge in [-0.05, 0) is 31.4 Å². The number of hydrogen-bond donors (Lipinski definition) is 4. The van der Waals surface area contributed by atoms with Gasteiger partial charge in [0.2, 0.25) is 0 Å². The van der Waals surface area contributed by atoms with Crippen LogP contribution in [0.3, 0.4) is 0 Å². The number of hydrogen-bond acceptors (Lipinski definition) is 10. The molecule has 12 nitrogen and oxygen atoms in total. The first-order chi connectivity index (χ1) is 18.2. The number of aliphatic hydroxyl groups excluding tert-OH is 1. The van der Waals surface area contributed by atoms with E-state index >= 15 is 0 Å². The standard InChI is InChI=1S/C24H33Cl2N9O3/c1-2-14-13-34(22-19(26)31-18(21(28)32-22)23(37)29-7-12-36)10-11-35(14)15-5-8-33(9-6-15)24(38)16-3-4-17(25)30-20(16)27/h3-4,14-15,36H,2,5-13H2,1H3,(H2,27,30)(H2,28,32)(H,29,37). The molecule has 2 amide bonds. The molecule has 6 N–H and O–H groups in total. The quantitative estimate of drug-likeness (QED) is 0.359. The lowest BCUT2D eigenvalue weighted by Gasteiger charge is -2.47. The maximum Gasteiger partial charge on any atom is 0.273 e. The monoisotopic (exact) mass is 565 g/mol. The van der Waals surface area contributed by atoms with Gasteiger partial charge in [-0.1, -0.05) is 30.1 Å². The molecule has 0 saturated carbocycles. The summed E-state index contributed by atoms with van der Waals surface area (Å²) in [6, 6.07) is 3.79. The van der Waals surface area contributed by atoms with Gasteiger partial charge in [-0.3, -0.25) is 14.5 Å². The number of amides is 2. The molecule has 2 aromatic rings. The SMILES string of the molecule is CCC1CN(c2nc(N)c(C(=O)NCCO)nc2Cl)CCN1C1CCN(C(=O)c2ccc(Cl)nc2N)CC1. The first-order valence-corrected chi connectivity index (χ1v) is 13.4. The molecule has 2 aliphatic rings. The van der Waals surface area contributed by atoms with E-state index in [1.807, 2.05) is 4.90 Å². The fourth-order valence-electron chi connectivity index (χ4n) is 5.15. The molecule has 38 heavy (non-hydrogen) atoms. The van der Waals surface area contributed by atoms with Crippen molar-refractivity contribution in [2.75, 3.05) is 62.2 Å². The summed E-state index contributed by atoms with van der Waals surface area (Å²) in [5, 5.41) is 11.8. The largest absolute Gasteiger partial charge is 0.395 e. The molecular weight excluding hydrogens is 533 g/mol. The Labute approximate surface area is 231 Å². The summed E-state index contributed by atoms with van der Waals surface area (Å²) in [5.41, 5.74) is 12.3. The average molecular weight is 566 g/mol. The van der Waals surface area contributed by atoms with Gasteiger partial charge in [0.05, 0.1) is 12.2 Å². The summed E-state index contributed by atoms with van der Waals surface area (Å²) in [6.07, 6.45) is 2.63. The molecule has 0 bridgehead atoms. The Morgan fingerprint density at radius 2 is 1.82 bits per heavy atom. The summed E-state index contributed by atoms with van der Waals surface area (Å²) in [4.78, 5) is 44.2. The Bertz CT molecular complexity index is 1180. The topological polar surface area (TPSA) is 167 Å². The van der Waals surface area contributed by atoms with E-state index < -0.39 is 5.91 Å². The summed E-state index contributed by atoms with van der Waals surface area (Å²) in [7, 11) is 0. The maximum atomic E-state index is 13.0. The van der Waals surface area contributed by atoms with Crippen LogP contribution in [0.5, 0.6) is 0 Å². The zero-order chi connectivity index (χ0) is 27.4. The number of carbonyl (C=O) groups is 2. The van der Waals surface area contributed by atoms with Gasteiger partial charge in [0, 0.05) is 51.4 Å². The van der Waals surface area contributed by atoms with Crippen LogP contribution >= 0.6 is 23.2 Å². The highest BCUT2D eigenvalue weighted by molar-refractivity contribution is 6.32. The van der Waals surface area contributed by atoms with Crippen molar-refractivity contribution >= 4 is 52.5 Å². The fraction of sp³-hybridized carbons (Fsp3) is 0.542. The summed E-state index contributed by atoms with van der Waals surface area (Å²) < 4.78 is 0. The number of piperazine rings is 1. The number of rotatable bonds is 7. The molecule has 206 valence electrons. The second-order valence-electron chi connectivity index (χ2n) is 9.39. The number of nitrogens with zero attached hydrogens (tertiary/aromatic N) is 6. The minimum Gasteiger partial charge on any atom is -0.395 e. The molecule has 2 aliphatic heterocycles. The molecule has 1 unspecified atom stereocenters. The van der Waals surface area contributed by atoms with Gasteiger partial charge in [0.25, 0.3) is 11.8 Å². The number of aliphatic hydroxyl groups is 1. The van der Waals surface area contributed by atoms with E-state index in [1.165, 1.54) is 0 Å². The van der Waals surface area contributed by atoms with Crippen molar-refractivity contribution in [3.05, 3.63) is 33.7 Å². The number of aromatic nitrogens is 3. The van der Waals surface area contributed by atoms with Crippen LogP contribution in [0.4, 0.5) is 17.5 Å². The van der Waals surface area contributed by atoms with Crippen molar-refractivity contribution in [3.8, 4) is 0 Å². The molecule has 4 heterocycles. The minimum absolute atomic E-state index is 0.0103. The highest BCUT2D eigenvalue weighted by atomic mass is 35.5. The number of halogens is 2. The molecule has 0 aliphatic carbocycles. The van der Waals surface area contributed by atoms with Gasteiger partial charge in [0.15, 0.2) is 22.5 Å². The Hall–Kier alpha value is -2.93. The third-order valence-corrected chi connectivity index (χ3v) is 7.58. The Morgan fingerprint density at radius 1 is 1.08 bits per heavy atom. The van der Waals surface area contributed by atoms with Crippen LogP contribution in [0.1, 0.15) is 47.0 Å². The second-order valence-corrected chi connectivity index (χ2v) is 10.1. The smallest absolute Gasteiger partial charge is 0.273 e. The van der Waals surface area contributed by atoms with Crippen LogP contribution in [-0.4, -0.2) is 99.6 Å². The second kappa shape index (κ2) is 12.3. The summed E-state index contributed by atoms with van der Waals surface area (Å²) >= 11 is 12.3. The first-order valence-electron chi connectivity index (χ1n) is 12.7. The molecule has 0 spiro atoms. The number of carbonyl (C=O) groups excluding carboxylic acids is 2. The Kier molecular flexibility index (Phi) is 9.08. The van der Waals surface area contributed by atoms with Crippen LogP contribution in [-0.2, 0) is 0 Å². The van der Waals surface area contributed by atoms with Gasteiger partial charge < -0.3 is 31.7 Å². The summed E-state index contributed by atoms with van der Waals surface area (Å²) in [5.74, 6) is -0.0673. The highest BCUT2D eigenvalue weighted by Gasteiger charge is 2.35. The maximum absolute atomic E-state index is 13.0. The number of nitrogens with two attached hydrogens (primary N) is 2. The van der Waals surface area contributed by atoms with Gasteiger partial charge in [0.1, 0.15) is 11.0 Å². The third-order valence-electron chi connectivity index (χ3n) is 7.12. The van der Waals surface area contributed by atoms with Crippen LogP contribution < -0.4 is 21.7 Å². The van der Waals surface area contributed by atoms with E-state index in [9.17, 15) is 9.59 Å². The number of anilines is 3. The van der Waals surface area contributed by atoms with Gasteiger partial charge in [-0.25, -0.2) is 15.0 Å². The molecule has 1 atom stereocenters. The minimum atomic E-state index is -0.534.